The van der Waals surface area contributed by atoms with Crippen LogP contribution >= 0.6 is 0 Å². The molecule has 2 unspecified atom stereocenters. The van der Waals surface area contributed by atoms with Gasteiger partial charge in [0, 0.05) is 11.7 Å². The molecule has 1 saturated carbocycles. The predicted octanol–water partition coefficient (Wildman–Crippen LogP) is 1.64. The van der Waals surface area contributed by atoms with Gasteiger partial charge in [-0.15, -0.1) is 0 Å². The van der Waals surface area contributed by atoms with Crippen molar-refractivity contribution in [1.82, 2.24) is 15.5 Å². The van der Waals surface area contributed by atoms with Crippen molar-refractivity contribution >= 4 is 5.91 Å². The number of aryl methyl sites for hydroxylation is 1. The number of carbonyl (C=O) groups excluding carboxylic acids is 1. The number of nitrogens with zero attached hydrogens (tertiary/aromatic N) is 1. The van der Waals surface area contributed by atoms with Crippen molar-refractivity contribution in [3.8, 4) is 0 Å². The number of rotatable bonds is 4. The molecule has 82 valence electrons. The molecule has 2 rings (SSSR count). The summed E-state index contributed by atoms with van der Waals surface area (Å²) in [6.07, 6.45) is 5.13. The Balaban J connectivity index is 1.87. The standard InChI is InChI=1S/C11H17N3O/c1-3-4-8-5-10(8)13-11(15)9-6-12-14-7(9)2/h6,8,10H,3-5H2,1-2H3,(H,12,14)(H,13,15). The fraction of sp³-hybridized carbons (Fsp3) is 0.636. The van der Waals surface area contributed by atoms with Crippen LogP contribution in [0.25, 0.3) is 0 Å². The number of carbonyl (C=O) groups is 1. The lowest BCUT2D eigenvalue weighted by Crippen LogP contribution is -2.27. The first-order valence-corrected chi connectivity index (χ1v) is 5.53. The van der Waals surface area contributed by atoms with Crippen molar-refractivity contribution in [3.63, 3.8) is 0 Å². The minimum Gasteiger partial charge on any atom is -0.349 e. The van der Waals surface area contributed by atoms with Crippen LogP contribution in [0.1, 0.15) is 42.2 Å². The summed E-state index contributed by atoms with van der Waals surface area (Å²) in [6.45, 7) is 4.04. The van der Waals surface area contributed by atoms with Gasteiger partial charge in [0.15, 0.2) is 0 Å². The third-order valence-corrected chi connectivity index (χ3v) is 2.97. The molecule has 1 fully saturated rings. The lowest BCUT2D eigenvalue weighted by atomic mass is 10.2. The van der Waals surface area contributed by atoms with Gasteiger partial charge in [0.2, 0.25) is 0 Å². The van der Waals surface area contributed by atoms with Crippen molar-refractivity contribution in [3.05, 3.63) is 17.5 Å². The van der Waals surface area contributed by atoms with Gasteiger partial charge in [-0.25, -0.2) is 0 Å². The average molecular weight is 207 g/mol. The smallest absolute Gasteiger partial charge is 0.254 e. The number of amides is 1. The van der Waals surface area contributed by atoms with E-state index in [4.69, 9.17) is 0 Å². The highest BCUT2D eigenvalue weighted by Gasteiger charge is 2.37. The molecule has 1 aromatic rings. The first-order chi connectivity index (χ1) is 7.22. The Morgan fingerprint density at radius 2 is 2.53 bits per heavy atom. The molecule has 4 nitrogen and oxygen atoms in total. The highest BCUT2D eigenvalue weighted by molar-refractivity contribution is 5.95. The summed E-state index contributed by atoms with van der Waals surface area (Å²) in [5.74, 6) is 0.705. The topological polar surface area (TPSA) is 57.8 Å². The van der Waals surface area contributed by atoms with Crippen molar-refractivity contribution < 1.29 is 4.79 Å². The molecule has 0 aliphatic heterocycles. The normalized spacial score (nSPS) is 23.9. The van der Waals surface area contributed by atoms with Crippen LogP contribution in [-0.4, -0.2) is 22.1 Å². The Morgan fingerprint density at radius 3 is 3.13 bits per heavy atom. The first-order valence-electron chi connectivity index (χ1n) is 5.53. The van der Waals surface area contributed by atoms with Crippen LogP contribution in [0.5, 0.6) is 0 Å². The zero-order valence-corrected chi connectivity index (χ0v) is 9.21. The van der Waals surface area contributed by atoms with Gasteiger partial charge in [0.05, 0.1) is 11.8 Å². The van der Waals surface area contributed by atoms with Gasteiger partial charge in [-0.1, -0.05) is 13.3 Å². The number of hydrogen-bond acceptors (Lipinski definition) is 2. The molecule has 1 aliphatic carbocycles. The molecule has 1 heterocycles. The average Bonchev–Trinajstić information content (AvgIpc) is 2.76. The molecular weight excluding hydrogens is 190 g/mol. The van der Waals surface area contributed by atoms with E-state index in [1.807, 2.05) is 6.92 Å². The minimum absolute atomic E-state index is 0.00449. The molecule has 0 spiro atoms. The van der Waals surface area contributed by atoms with Gasteiger partial charge in [-0.05, 0) is 25.7 Å². The summed E-state index contributed by atoms with van der Waals surface area (Å²) in [6, 6.07) is 0.395. The van der Waals surface area contributed by atoms with Crippen LogP contribution in [0.3, 0.4) is 0 Å². The zero-order chi connectivity index (χ0) is 10.8. The number of nitrogens with one attached hydrogen (secondary N) is 2. The van der Waals surface area contributed by atoms with Crippen LogP contribution in [-0.2, 0) is 0 Å². The monoisotopic (exact) mass is 207 g/mol. The van der Waals surface area contributed by atoms with Crippen LogP contribution < -0.4 is 5.32 Å². The van der Waals surface area contributed by atoms with Crippen LogP contribution in [0.2, 0.25) is 0 Å². The second kappa shape index (κ2) is 4.04. The van der Waals surface area contributed by atoms with Gasteiger partial charge < -0.3 is 5.32 Å². The summed E-state index contributed by atoms with van der Waals surface area (Å²) >= 11 is 0. The maximum atomic E-state index is 11.8. The quantitative estimate of drug-likeness (QED) is 0.788. The Kier molecular flexibility index (Phi) is 2.75. The number of aromatic amines is 1. The Morgan fingerprint density at radius 1 is 1.73 bits per heavy atom. The third kappa shape index (κ3) is 2.19. The summed E-state index contributed by atoms with van der Waals surface area (Å²) in [7, 11) is 0. The van der Waals surface area contributed by atoms with Gasteiger partial charge in [-0.2, -0.15) is 5.10 Å². The predicted molar refractivity (Wildman–Crippen MR) is 57.6 cm³/mol. The second-order valence-corrected chi connectivity index (χ2v) is 4.27. The van der Waals surface area contributed by atoms with Gasteiger partial charge in [-0.3, -0.25) is 9.89 Å². The molecule has 1 amide bonds. The Hall–Kier alpha value is -1.32. The molecular formula is C11H17N3O. The van der Waals surface area contributed by atoms with E-state index in [9.17, 15) is 4.79 Å². The first kappa shape index (κ1) is 10.2. The van der Waals surface area contributed by atoms with Crippen LogP contribution in [0.15, 0.2) is 6.20 Å². The molecule has 2 atom stereocenters. The van der Waals surface area contributed by atoms with E-state index in [0.29, 0.717) is 17.5 Å². The SMILES string of the molecule is CCCC1CC1NC(=O)c1cn[nH]c1C. The van der Waals surface area contributed by atoms with E-state index < -0.39 is 0 Å². The van der Waals surface area contributed by atoms with Crippen LogP contribution in [0, 0.1) is 12.8 Å². The molecule has 0 aromatic carbocycles. The third-order valence-electron chi connectivity index (χ3n) is 2.97. The molecule has 0 radical (unpaired) electrons. The zero-order valence-electron chi connectivity index (χ0n) is 9.21. The van der Waals surface area contributed by atoms with Crippen molar-refractivity contribution in [2.45, 2.75) is 39.2 Å². The summed E-state index contributed by atoms with van der Waals surface area (Å²) in [5, 5.41) is 9.64. The van der Waals surface area contributed by atoms with Gasteiger partial charge >= 0.3 is 0 Å². The molecule has 1 aromatic heterocycles. The highest BCUT2D eigenvalue weighted by atomic mass is 16.1. The van der Waals surface area contributed by atoms with Crippen molar-refractivity contribution in [2.75, 3.05) is 0 Å². The fourth-order valence-corrected chi connectivity index (χ4v) is 1.94. The maximum Gasteiger partial charge on any atom is 0.254 e. The summed E-state index contributed by atoms with van der Waals surface area (Å²) in [5.41, 5.74) is 1.50. The van der Waals surface area contributed by atoms with E-state index in [1.54, 1.807) is 6.20 Å². The van der Waals surface area contributed by atoms with E-state index in [1.165, 1.54) is 12.8 Å². The second-order valence-electron chi connectivity index (χ2n) is 4.27. The largest absolute Gasteiger partial charge is 0.349 e. The highest BCUT2D eigenvalue weighted by Crippen LogP contribution is 2.34. The summed E-state index contributed by atoms with van der Waals surface area (Å²) in [4.78, 5) is 11.8. The van der Waals surface area contributed by atoms with Crippen molar-refractivity contribution in [1.29, 1.82) is 0 Å². The van der Waals surface area contributed by atoms with Crippen LogP contribution in [0.4, 0.5) is 0 Å². The van der Waals surface area contributed by atoms with E-state index in [-0.39, 0.29) is 5.91 Å². The fourth-order valence-electron chi connectivity index (χ4n) is 1.94. The minimum atomic E-state index is 0.00449. The van der Waals surface area contributed by atoms with E-state index >= 15 is 0 Å². The number of H-pyrrole nitrogens is 1. The number of aromatic nitrogens is 2. The van der Waals surface area contributed by atoms with Gasteiger partial charge in [0.25, 0.3) is 5.91 Å². The van der Waals surface area contributed by atoms with E-state index in [2.05, 4.69) is 22.4 Å². The molecule has 4 heteroatoms. The Labute approximate surface area is 89.5 Å². The Bertz CT molecular complexity index is 358. The molecule has 0 saturated heterocycles. The van der Waals surface area contributed by atoms with Gasteiger partial charge in [0.1, 0.15) is 0 Å². The number of hydrogen-bond donors (Lipinski definition) is 2. The van der Waals surface area contributed by atoms with Crippen molar-refractivity contribution in [2.24, 2.45) is 5.92 Å². The van der Waals surface area contributed by atoms with E-state index in [0.717, 1.165) is 12.1 Å². The lowest BCUT2D eigenvalue weighted by Gasteiger charge is -2.02. The lowest BCUT2D eigenvalue weighted by molar-refractivity contribution is 0.0948. The molecule has 1 aliphatic rings. The molecule has 0 bridgehead atoms. The molecule has 2 N–H and O–H groups in total. The maximum absolute atomic E-state index is 11.8. The summed E-state index contributed by atoms with van der Waals surface area (Å²) < 4.78 is 0. The molecule has 15 heavy (non-hydrogen) atoms.